The monoisotopic (exact) mass is 333 g/mol. The minimum atomic E-state index is 0.624. The zero-order chi connectivity index (χ0) is 13.9. The van der Waals surface area contributed by atoms with Gasteiger partial charge >= 0.3 is 0 Å². The van der Waals surface area contributed by atoms with Gasteiger partial charge in [0.1, 0.15) is 12.4 Å². The zero-order valence-electron chi connectivity index (χ0n) is 11.7. The van der Waals surface area contributed by atoms with Gasteiger partial charge in [0.25, 0.3) is 0 Å². The molecule has 2 aromatic rings. The third-order valence-electron chi connectivity index (χ3n) is 3.98. The van der Waals surface area contributed by atoms with Gasteiger partial charge in [-0.25, -0.2) is 0 Å². The number of benzene rings is 2. The van der Waals surface area contributed by atoms with Crippen LogP contribution in [0.1, 0.15) is 19.8 Å². The van der Waals surface area contributed by atoms with E-state index < -0.39 is 0 Å². The molecule has 1 atom stereocenters. The van der Waals surface area contributed by atoms with Gasteiger partial charge in [0.15, 0.2) is 0 Å². The average molecular weight is 334 g/mol. The Morgan fingerprint density at radius 2 is 2.05 bits per heavy atom. The summed E-state index contributed by atoms with van der Waals surface area (Å²) in [6.45, 7) is 3.87. The predicted molar refractivity (Wildman–Crippen MR) is 87.3 cm³/mol. The van der Waals surface area contributed by atoms with Crippen LogP contribution in [0.25, 0.3) is 10.8 Å². The first-order chi connectivity index (χ1) is 9.75. The van der Waals surface area contributed by atoms with Crippen LogP contribution in [0.2, 0.25) is 0 Å². The lowest BCUT2D eigenvalue weighted by Crippen LogP contribution is -2.31. The van der Waals surface area contributed by atoms with E-state index in [0.717, 1.165) is 22.7 Å². The fourth-order valence-electron chi connectivity index (χ4n) is 2.54. The van der Waals surface area contributed by atoms with Gasteiger partial charge in [0.2, 0.25) is 0 Å². The summed E-state index contributed by atoms with van der Waals surface area (Å²) in [5.74, 6) is 1.81. The average Bonchev–Trinajstić information content (AvgIpc) is 3.30. The smallest absolute Gasteiger partial charge is 0.134 e. The number of halogens is 1. The highest BCUT2D eigenvalue weighted by molar-refractivity contribution is 9.10. The summed E-state index contributed by atoms with van der Waals surface area (Å²) >= 11 is 3.65. The van der Waals surface area contributed by atoms with Crippen molar-refractivity contribution in [3.8, 4) is 5.75 Å². The first-order valence-electron chi connectivity index (χ1n) is 7.29. The third kappa shape index (κ3) is 3.15. The zero-order valence-corrected chi connectivity index (χ0v) is 13.3. The molecule has 0 aliphatic heterocycles. The van der Waals surface area contributed by atoms with E-state index in [1.165, 1.54) is 23.6 Å². The van der Waals surface area contributed by atoms with Crippen LogP contribution in [0.3, 0.4) is 0 Å². The van der Waals surface area contributed by atoms with E-state index >= 15 is 0 Å². The van der Waals surface area contributed by atoms with Crippen molar-refractivity contribution in [2.75, 3.05) is 13.2 Å². The number of nitrogens with one attached hydrogen (secondary N) is 1. The van der Waals surface area contributed by atoms with E-state index in [2.05, 4.69) is 58.5 Å². The number of fused-ring (bicyclic) bond motifs is 1. The minimum Gasteiger partial charge on any atom is -0.491 e. The van der Waals surface area contributed by atoms with Crippen LogP contribution >= 0.6 is 15.9 Å². The fraction of sp³-hybridized carbons (Fsp3) is 0.412. The van der Waals surface area contributed by atoms with E-state index in [-0.39, 0.29) is 0 Å². The second-order valence-corrected chi connectivity index (χ2v) is 6.32. The molecule has 1 saturated carbocycles. The molecule has 20 heavy (non-hydrogen) atoms. The third-order valence-corrected chi connectivity index (χ3v) is 4.80. The van der Waals surface area contributed by atoms with Crippen molar-refractivity contribution in [2.45, 2.75) is 25.8 Å². The van der Waals surface area contributed by atoms with E-state index in [0.29, 0.717) is 12.6 Å². The molecule has 3 rings (SSSR count). The van der Waals surface area contributed by atoms with Crippen molar-refractivity contribution in [1.82, 2.24) is 5.32 Å². The minimum absolute atomic E-state index is 0.624. The maximum Gasteiger partial charge on any atom is 0.134 e. The van der Waals surface area contributed by atoms with Crippen molar-refractivity contribution in [2.24, 2.45) is 5.92 Å². The van der Waals surface area contributed by atoms with Crippen LogP contribution in [-0.4, -0.2) is 19.2 Å². The first-order valence-corrected chi connectivity index (χ1v) is 8.08. The van der Waals surface area contributed by atoms with Gasteiger partial charge in [-0.15, -0.1) is 0 Å². The molecule has 0 saturated heterocycles. The number of ether oxygens (including phenoxy) is 1. The largest absolute Gasteiger partial charge is 0.491 e. The Bertz CT molecular complexity index is 595. The van der Waals surface area contributed by atoms with Crippen molar-refractivity contribution in [1.29, 1.82) is 0 Å². The summed E-state index contributed by atoms with van der Waals surface area (Å²) < 4.78 is 6.93. The van der Waals surface area contributed by atoms with Gasteiger partial charge in [-0.2, -0.15) is 0 Å². The lowest BCUT2D eigenvalue weighted by molar-refractivity contribution is 0.302. The standard InChI is InChI=1S/C17H20BrNO/c1-12(13-6-7-13)19-10-11-20-16-9-8-14-4-2-3-5-15(14)17(16)18/h2-5,8-9,12-13,19H,6-7,10-11H2,1H3. The molecule has 1 aliphatic carbocycles. The Hall–Kier alpha value is -1.06. The molecule has 0 radical (unpaired) electrons. The highest BCUT2D eigenvalue weighted by atomic mass is 79.9. The van der Waals surface area contributed by atoms with Crippen molar-refractivity contribution in [3.63, 3.8) is 0 Å². The van der Waals surface area contributed by atoms with Crippen LogP contribution in [0, 0.1) is 5.92 Å². The summed E-state index contributed by atoms with van der Waals surface area (Å²) in [5, 5.41) is 5.96. The van der Waals surface area contributed by atoms with Crippen LogP contribution in [0.15, 0.2) is 40.9 Å². The Labute approximate surface area is 128 Å². The maximum absolute atomic E-state index is 5.89. The van der Waals surface area contributed by atoms with Gasteiger partial charge in [-0.3, -0.25) is 0 Å². The molecule has 1 aliphatic rings. The Morgan fingerprint density at radius 1 is 1.25 bits per heavy atom. The molecule has 1 unspecified atom stereocenters. The summed E-state index contributed by atoms with van der Waals surface area (Å²) in [4.78, 5) is 0. The van der Waals surface area contributed by atoms with E-state index in [1.807, 2.05) is 6.07 Å². The van der Waals surface area contributed by atoms with E-state index in [4.69, 9.17) is 4.74 Å². The van der Waals surface area contributed by atoms with Crippen molar-refractivity contribution >= 4 is 26.7 Å². The number of hydrogen-bond donors (Lipinski definition) is 1. The lowest BCUT2D eigenvalue weighted by atomic mass is 10.1. The van der Waals surface area contributed by atoms with Crippen molar-refractivity contribution < 1.29 is 4.74 Å². The molecule has 106 valence electrons. The van der Waals surface area contributed by atoms with Crippen LogP contribution in [0.5, 0.6) is 5.75 Å². The molecule has 1 N–H and O–H groups in total. The molecule has 1 fully saturated rings. The number of rotatable bonds is 6. The summed E-state index contributed by atoms with van der Waals surface area (Å²) in [6.07, 6.45) is 2.76. The van der Waals surface area contributed by atoms with E-state index in [1.54, 1.807) is 0 Å². The summed E-state index contributed by atoms with van der Waals surface area (Å²) in [7, 11) is 0. The fourth-order valence-corrected chi connectivity index (χ4v) is 3.14. The molecule has 0 amide bonds. The highest BCUT2D eigenvalue weighted by Gasteiger charge is 2.27. The lowest BCUT2D eigenvalue weighted by Gasteiger charge is -2.14. The molecular formula is C17H20BrNO. The molecular weight excluding hydrogens is 314 g/mol. The second-order valence-electron chi connectivity index (χ2n) is 5.53. The van der Waals surface area contributed by atoms with Crippen LogP contribution in [0.4, 0.5) is 0 Å². The SMILES string of the molecule is CC(NCCOc1ccc2ccccc2c1Br)C1CC1. The van der Waals surface area contributed by atoms with Crippen LogP contribution < -0.4 is 10.1 Å². The maximum atomic E-state index is 5.89. The number of hydrogen-bond acceptors (Lipinski definition) is 2. The Morgan fingerprint density at radius 3 is 2.85 bits per heavy atom. The van der Waals surface area contributed by atoms with Gasteiger partial charge in [-0.05, 0) is 58.5 Å². The quantitative estimate of drug-likeness (QED) is 0.792. The molecule has 0 bridgehead atoms. The molecule has 0 aromatic heterocycles. The molecule has 0 spiro atoms. The Balaban J connectivity index is 1.58. The summed E-state index contributed by atoms with van der Waals surface area (Å²) in [5.41, 5.74) is 0. The Kier molecular flexibility index (Phi) is 4.27. The van der Waals surface area contributed by atoms with Crippen molar-refractivity contribution in [3.05, 3.63) is 40.9 Å². The topological polar surface area (TPSA) is 21.3 Å². The molecule has 3 heteroatoms. The normalized spacial score (nSPS) is 16.3. The molecule has 2 nitrogen and oxygen atoms in total. The first kappa shape index (κ1) is 13.9. The second kappa shape index (κ2) is 6.15. The van der Waals surface area contributed by atoms with Gasteiger partial charge in [0, 0.05) is 12.6 Å². The molecule has 2 aromatic carbocycles. The van der Waals surface area contributed by atoms with Gasteiger partial charge < -0.3 is 10.1 Å². The summed E-state index contributed by atoms with van der Waals surface area (Å²) in [6, 6.07) is 13.1. The van der Waals surface area contributed by atoms with Gasteiger partial charge in [-0.1, -0.05) is 30.3 Å². The van der Waals surface area contributed by atoms with E-state index in [9.17, 15) is 0 Å². The van der Waals surface area contributed by atoms with Gasteiger partial charge in [0.05, 0.1) is 4.47 Å². The highest BCUT2D eigenvalue weighted by Crippen LogP contribution is 2.33. The van der Waals surface area contributed by atoms with Crippen LogP contribution in [-0.2, 0) is 0 Å². The molecule has 0 heterocycles. The predicted octanol–water partition coefficient (Wildman–Crippen LogP) is 4.37.